The summed E-state index contributed by atoms with van der Waals surface area (Å²) in [5.74, 6) is 0.398. The molecule has 0 bridgehead atoms. The Kier molecular flexibility index (Phi) is 7.20. The SMILES string of the molecule is Cc1cc(CC(=O)CC2CCC(Oc3ccc(C(F)(F)F)cc3)CC2)cc(C(F)(F)F)c1. The lowest BCUT2D eigenvalue weighted by molar-refractivity contribution is -0.138. The van der Waals surface area contributed by atoms with Crippen LogP contribution >= 0.6 is 0 Å². The van der Waals surface area contributed by atoms with E-state index in [1.165, 1.54) is 12.1 Å². The monoisotopic (exact) mass is 458 g/mol. The number of rotatable bonds is 6. The van der Waals surface area contributed by atoms with Gasteiger partial charge in [0.1, 0.15) is 11.5 Å². The van der Waals surface area contributed by atoms with Crippen LogP contribution in [-0.4, -0.2) is 11.9 Å². The van der Waals surface area contributed by atoms with Crippen LogP contribution in [0.15, 0.2) is 42.5 Å². The molecule has 0 saturated heterocycles. The van der Waals surface area contributed by atoms with E-state index < -0.39 is 23.5 Å². The summed E-state index contributed by atoms with van der Waals surface area (Å²) in [5.41, 5.74) is -0.658. The Morgan fingerprint density at radius 2 is 1.47 bits per heavy atom. The van der Waals surface area contributed by atoms with Gasteiger partial charge in [0.15, 0.2) is 0 Å². The van der Waals surface area contributed by atoms with Gasteiger partial charge in [-0.3, -0.25) is 4.79 Å². The summed E-state index contributed by atoms with van der Waals surface area (Å²) < 4.78 is 82.6. The van der Waals surface area contributed by atoms with Gasteiger partial charge in [-0.15, -0.1) is 0 Å². The standard InChI is InChI=1S/C24H24F6O2/c1-15-10-17(12-19(11-15)24(28,29)30)14-20(31)13-16-2-6-21(7-3-16)32-22-8-4-18(5-9-22)23(25,26)27/h4-5,8-12,16,21H,2-3,6-7,13-14H2,1H3. The zero-order chi connectivity index (χ0) is 23.5. The van der Waals surface area contributed by atoms with Crippen LogP contribution in [0.1, 0.15) is 54.4 Å². The van der Waals surface area contributed by atoms with Crippen molar-refractivity contribution >= 4 is 5.78 Å². The molecule has 0 aromatic heterocycles. The third kappa shape index (κ3) is 6.74. The predicted molar refractivity (Wildman–Crippen MR) is 107 cm³/mol. The molecule has 1 aliphatic carbocycles. The lowest BCUT2D eigenvalue weighted by atomic mass is 9.83. The Labute approximate surface area is 182 Å². The third-order valence-corrected chi connectivity index (χ3v) is 5.66. The van der Waals surface area contributed by atoms with Crippen LogP contribution in [-0.2, 0) is 23.6 Å². The number of carbonyl (C=O) groups excluding carboxylic acids is 1. The molecule has 2 nitrogen and oxygen atoms in total. The van der Waals surface area contributed by atoms with Gasteiger partial charge in [-0.25, -0.2) is 0 Å². The number of ketones is 1. The van der Waals surface area contributed by atoms with Crippen LogP contribution in [0.2, 0.25) is 0 Å². The summed E-state index contributed by atoms with van der Waals surface area (Å²) in [6.45, 7) is 1.57. The topological polar surface area (TPSA) is 26.3 Å². The van der Waals surface area contributed by atoms with Crippen molar-refractivity contribution in [3.63, 3.8) is 0 Å². The van der Waals surface area contributed by atoms with E-state index >= 15 is 0 Å². The third-order valence-electron chi connectivity index (χ3n) is 5.66. The lowest BCUT2D eigenvalue weighted by Crippen LogP contribution is -2.25. The number of alkyl halides is 6. The second kappa shape index (κ2) is 9.55. The molecule has 32 heavy (non-hydrogen) atoms. The number of Topliss-reactive ketones (excluding diaryl/α,β-unsaturated/α-hetero) is 1. The van der Waals surface area contributed by atoms with Gasteiger partial charge in [0.2, 0.25) is 0 Å². The summed E-state index contributed by atoms with van der Waals surface area (Å²) in [6, 6.07) is 8.25. The summed E-state index contributed by atoms with van der Waals surface area (Å²) >= 11 is 0. The summed E-state index contributed by atoms with van der Waals surface area (Å²) in [4.78, 5) is 12.4. The first kappa shape index (κ1) is 24.1. The van der Waals surface area contributed by atoms with Crippen molar-refractivity contribution in [2.75, 3.05) is 0 Å². The number of aryl methyl sites for hydroxylation is 1. The van der Waals surface area contributed by atoms with Gasteiger partial charge < -0.3 is 4.74 Å². The van der Waals surface area contributed by atoms with E-state index in [4.69, 9.17) is 4.74 Å². The van der Waals surface area contributed by atoms with Gasteiger partial charge in [0.25, 0.3) is 0 Å². The van der Waals surface area contributed by atoms with Crippen molar-refractivity contribution in [1.29, 1.82) is 0 Å². The highest BCUT2D eigenvalue weighted by atomic mass is 19.4. The van der Waals surface area contributed by atoms with Crippen LogP contribution in [0.25, 0.3) is 0 Å². The molecule has 3 rings (SSSR count). The van der Waals surface area contributed by atoms with Crippen LogP contribution in [0, 0.1) is 12.8 Å². The molecule has 0 aliphatic heterocycles. The molecule has 0 N–H and O–H groups in total. The Bertz CT molecular complexity index is 923. The number of ether oxygens (including phenoxy) is 1. The van der Waals surface area contributed by atoms with E-state index in [-0.39, 0.29) is 24.2 Å². The number of halogens is 6. The Hall–Kier alpha value is -2.51. The zero-order valence-corrected chi connectivity index (χ0v) is 17.5. The van der Waals surface area contributed by atoms with Crippen molar-refractivity contribution in [3.8, 4) is 5.75 Å². The highest BCUT2D eigenvalue weighted by Crippen LogP contribution is 2.34. The summed E-state index contributed by atoms with van der Waals surface area (Å²) in [5, 5.41) is 0. The van der Waals surface area contributed by atoms with Gasteiger partial charge in [-0.05, 0) is 80.5 Å². The molecule has 0 unspecified atom stereocenters. The molecule has 8 heteroatoms. The van der Waals surface area contributed by atoms with E-state index in [1.54, 1.807) is 13.0 Å². The maximum Gasteiger partial charge on any atom is 0.416 e. The molecule has 0 amide bonds. The van der Waals surface area contributed by atoms with E-state index in [9.17, 15) is 31.1 Å². The van der Waals surface area contributed by atoms with Crippen molar-refractivity contribution in [1.82, 2.24) is 0 Å². The minimum atomic E-state index is -4.45. The van der Waals surface area contributed by atoms with Crippen molar-refractivity contribution in [3.05, 3.63) is 64.7 Å². The molecule has 1 saturated carbocycles. The molecular formula is C24H24F6O2. The minimum absolute atomic E-state index is 0.0350. The minimum Gasteiger partial charge on any atom is -0.490 e. The Morgan fingerprint density at radius 3 is 2.03 bits per heavy atom. The average Bonchev–Trinajstić information content (AvgIpc) is 2.68. The molecule has 2 aromatic carbocycles. The molecule has 0 heterocycles. The molecule has 174 valence electrons. The number of hydrogen-bond acceptors (Lipinski definition) is 2. The van der Waals surface area contributed by atoms with E-state index in [0.717, 1.165) is 37.1 Å². The van der Waals surface area contributed by atoms with Gasteiger partial charge in [0, 0.05) is 12.8 Å². The number of hydrogen-bond donors (Lipinski definition) is 0. The highest BCUT2D eigenvalue weighted by molar-refractivity contribution is 5.81. The summed E-state index contributed by atoms with van der Waals surface area (Å²) in [6.07, 6.45) is -5.94. The average molecular weight is 458 g/mol. The number of benzene rings is 2. The van der Waals surface area contributed by atoms with Crippen molar-refractivity contribution in [2.24, 2.45) is 5.92 Å². The van der Waals surface area contributed by atoms with Crippen LogP contribution < -0.4 is 4.74 Å². The van der Waals surface area contributed by atoms with Gasteiger partial charge in [0.05, 0.1) is 17.2 Å². The fourth-order valence-corrected chi connectivity index (χ4v) is 4.12. The maximum absolute atomic E-state index is 13.0. The fraction of sp³-hybridized carbons (Fsp3) is 0.458. The molecule has 2 aromatic rings. The lowest BCUT2D eigenvalue weighted by Gasteiger charge is -2.28. The fourth-order valence-electron chi connectivity index (χ4n) is 4.12. The Morgan fingerprint density at radius 1 is 0.875 bits per heavy atom. The molecule has 1 fully saturated rings. The second-order valence-corrected chi connectivity index (χ2v) is 8.41. The van der Waals surface area contributed by atoms with E-state index in [1.807, 2.05) is 0 Å². The van der Waals surface area contributed by atoms with Crippen molar-refractivity contribution in [2.45, 2.75) is 63.9 Å². The molecule has 0 spiro atoms. The second-order valence-electron chi connectivity index (χ2n) is 8.41. The van der Waals surface area contributed by atoms with Gasteiger partial charge >= 0.3 is 12.4 Å². The normalized spacial score (nSPS) is 19.6. The maximum atomic E-state index is 13.0. The van der Waals surface area contributed by atoms with Gasteiger partial charge in [-0.2, -0.15) is 26.3 Å². The largest absolute Gasteiger partial charge is 0.490 e. The quantitative estimate of drug-likeness (QED) is 0.429. The molecular weight excluding hydrogens is 434 g/mol. The predicted octanol–water partition coefficient (Wildman–Crippen LogP) is 7.17. The van der Waals surface area contributed by atoms with Crippen LogP contribution in [0.4, 0.5) is 26.3 Å². The zero-order valence-electron chi connectivity index (χ0n) is 17.5. The molecule has 0 radical (unpaired) electrons. The molecule has 0 atom stereocenters. The first-order valence-corrected chi connectivity index (χ1v) is 10.4. The first-order chi connectivity index (χ1) is 14.9. The number of carbonyl (C=O) groups is 1. The first-order valence-electron chi connectivity index (χ1n) is 10.4. The van der Waals surface area contributed by atoms with Crippen LogP contribution in [0.5, 0.6) is 5.75 Å². The highest BCUT2D eigenvalue weighted by Gasteiger charge is 2.32. The smallest absolute Gasteiger partial charge is 0.416 e. The van der Waals surface area contributed by atoms with E-state index in [0.29, 0.717) is 36.1 Å². The van der Waals surface area contributed by atoms with Gasteiger partial charge in [-0.1, -0.05) is 11.6 Å². The van der Waals surface area contributed by atoms with Crippen molar-refractivity contribution < 1.29 is 35.9 Å². The summed E-state index contributed by atoms with van der Waals surface area (Å²) in [7, 11) is 0. The Balaban J connectivity index is 1.48. The van der Waals surface area contributed by atoms with E-state index in [2.05, 4.69) is 0 Å². The molecule has 1 aliphatic rings. The van der Waals surface area contributed by atoms with Crippen LogP contribution in [0.3, 0.4) is 0 Å².